The van der Waals surface area contributed by atoms with E-state index in [0.717, 1.165) is 17.8 Å². The third-order valence-corrected chi connectivity index (χ3v) is 5.75. The predicted octanol–water partition coefficient (Wildman–Crippen LogP) is 6.09. The van der Waals surface area contributed by atoms with Gasteiger partial charge in [0.1, 0.15) is 0 Å². The van der Waals surface area contributed by atoms with E-state index in [9.17, 15) is 0 Å². The van der Waals surface area contributed by atoms with Crippen molar-refractivity contribution in [1.82, 2.24) is 0 Å². The molecular formula is C23H31N. The Balaban J connectivity index is 1.71. The van der Waals surface area contributed by atoms with Crippen LogP contribution in [0.1, 0.15) is 45.1 Å². The number of anilines is 1. The van der Waals surface area contributed by atoms with Crippen molar-refractivity contribution in [3.63, 3.8) is 0 Å². The molecule has 1 saturated carbocycles. The molecule has 0 bridgehead atoms. The van der Waals surface area contributed by atoms with E-state index < -0.39 is 0 Å². The zero-order chi connectivity index (χ0) is 17.1. The fraction of sp³-hybridized carbons (Fsp3) is 0.478. The number of rotatable bonds is 3. The van der Waals surface area contributed by atoms with E-state index in [4.69, 9.17) is 0 Å². The van der Waals surface area contributed by atoms with Crippen LogP contribution in [0.4, 0.5) is 5.69 Å². The summed E-state index contributed by atoms with van der Waals surface area (Å²) in [5.41, 5.74) is 5.66. The summed E-state index contributed by atoms with van der Waals surface area (Å²) in [6.45, 7) is 4.76. The van der Waals surface area contributed by atoms with E-state index in [1.807, 2.05) is 0 Å². The van der Waals surface area contributed by atoms with E-state index in [0.29, 0.717) is 0 Å². The van der Waals surface area contributed by atoms with Crippen molar-refractivity contribution in [2.45, 2.75) is 39.5 Å². The fourth-order valence-corrected chi connectivity index (χ4v) is 4.31. The largest absolute Gasteiger partial charge is 0.378 e. The molecule has 0 amide bonds. The van der Waals surface area contributed by atoms with Gasteiger partial charge in [-0.25, -0.2) is 0 Å². The number of fused-ring (bicyclic) bond motifs is 1. The predicted molar refractivity (Wildman–Crippen MR) is 106 cm³/mol. The van der Waals surface area contributed by atoms with E-state index in [1.54, 1.807) is 11.1 Å². The van der Waals surface area contributed by atoms with Crippen LogP contribution in [0.25, 0.3) is 6.08 Å². The van der Waals surface area contributed by atoms with Gasteiger partial charge < -0.3 is 4.90 Å². The molecule has 2 aliphatic carbocycles. The topological polar surface area (TPSA) is 3.24 Å². The molecule has 1 fully saturated rings. The van der Waals surface area contributed by atoms with Crippen molar-refractivity contribution >= 4 is 11.8 Å². The second-order valence-electron chi connectivity index (χ2n) is 7.88. The molecule has 3 rings (SSSR count). The Kier molecular flexibility index (Phi) is 5.28. The Morgan fingerprint density at radius 1 is 1.04 bits per heavy atom. The smallest absolute Gasteiger partial charge is 0.0361 e. The molecule has 0 N–H and O–H groups in total. The number of nitrogens with zero attached hydrogens (tertiary/aromatic N) is 1. The molecule has 1 nitrogen and oxygen atoms in total. The molecule has 1 aromatic carbocycles. The molecule has 1 heteroatoms. The summed E-state index contributed by atoms with van der Waals surface area (Å²) in [5, 5.41) is 0. The fourth-order valence-electron chi connectivity index (χ4n) is 4.31. The summed E-state index contributed by atoms with van der Waals surface area (Å²) in [7, 11) is 4.15. The SMILES string of the molecule is CC1=C/C(=C\C=C\c2ccc(N(C)C)cc2)C2CCCC(C)CC12. The molecule has 2 aliphatic rings. The first-order valence-electron chi connectivity index (χ1n) is 9.38. The molecule has 1 aromatic rings. The van der Waals surface area contributed by atoms with Crippen LogP contribution < -0.4 is 4.90 Å². The summed E-state index contributed by atoms with van der Waals surface area (Å²) < 4.78 is 0. The third kappa shape index (κ3) is 3.83. The van der Waals surface area contributed by atoms with Gasteiger partial charge in [0, 0.05) is 19.8 Å². The van der Waals surface area contributed by atoms with Gasteiger partial charge in [0.05, 0.1) is 0 Å². The lowest BCUT2D eigenvalue weighted by Gasteiger charge is -2.21. The Labute approximate surface area is 147 Å². The van der Waals surface area contributed by atoms with Crippen LogP contribution >= 0.6 is 0 Å². The molecular weight excluding hydrogens is 290 g/mol. The van der Waals surface area contributed by atoms with Gasteiger partial charge >= 0.3 is 0 Å². The van der Waals surface area contributed by atoms with E-state index in [-0.39, 0.29) is 0 Å². The monoisotopic (exact) mass is 321 g/mol. The highest BCUT2D eigenvalue weighted by atomic mass is 15.1. The van der Waals surface area contributed by atoms with Gasteiger partial charge in [-0.3, -0.25) is 0 Å². The van der Waals surface area contributed by atoms with Crippen LogP contribution in [-0.4, -0.2) is 14.1 Å². The van der Waals surface area contributed by atoms with Gasteiger partial charge in [-0.05, 0) is 60.8 Å². The van der Waals surface area contributed by atoms with Crippen molar-refractivity contribution in [3.05, 3.63) is 59.2 Å². The van der Waals surface area contributed by atoms with Crippen LogP contribution in [0.15, 0.2) is 53.6 Å². The number of benzene rings is 1. The summed E-state index contributed by atoms with van der Waals surface area (Å²) in [6.07, 6.45) is 14.8. The summed E-state index contributed by atoms with van der Waals surface area (Å²) in [6, 6.07) is 8.73. The molecule has 3 atom stereocenters. The standard InChI is InChI=1S/C23H31N/c1-17-7-5-10-22-20(16-18(2)23(22)15-17)9-6-8-19-11-13-21(14-12-19)24(3)4/h6,8-9,11-14,16-17,22-23H,5,7,10,15H2,1-4H3/b8-6+,20-9+. The van der Waals surface area contributed by atoms with Crippen LogP contribution in [0.2, 0.25) is 0 Å². The van der Waals surface area contributed by atoms with Gasteiger partial charge in [-0.15, -0.1) is 0 Å². The first-order chi connectivity index (χ1) is 11.5. The molecule has 0 spiro atoms. The normalized spacial score (nSPS) is 28.8. The Hall–Kier alpha value is -1.76. The maximum atomic E-state index is 2.45. The minimum absolute atomic E-state index is 0.760. The van der Waals surface area contributed by atoms with Crippen LogP contribution in [0, 0.1) is 17.8 Å². The highest BCUT2D eigenvalue weighted by Crippen LogP contribution is 2.45. The average Bonchev–Trinajstić information content (AvgIpc) is 2.72. The first-order valence-corrected chi connectivity index (χ1v) is 9.38. The Bertz CT molecular complexity index is 645. The molecule has 0 saturated heterocycles. The average molecular weight is 322 g/mol. The maximum absolute atomic E-state index is 2.45. The third-order valence-electron chi connectivity index (χ3n) is 5.75. The molecule has 0 aromatic heterocycles. The van der Waals surface area contributed by atoms with Crippen LogP contribution in [-0.2, 0) is 0 Å². The van der Waals surface area contributed by atoms with E-state index in [2.05, 4.69) is 81.4 Å². The van der Waals surface area contributed by atoms with Crippen molar-refractivity contribution in [1.29, 1.82) is 0 Å². The molecule has 0 radical (unpaired) electrons. The van der Waals surface area contributed by atoms with Gasteiger partial charge in [-0.1, -0.05) is 61.8 Å². The van der Waals surface area contributed by atoms with E-state index >= 15 is 0 Å². The first kappa shape index (κ1) is 17.1. The summed E-state index contributed by atoms with van der Waals surface area (Å²) in [5.74, 6) is 2.44. The van der Waals surface area contributed by atoms with Gasteiger partial charge in [-0.2, -0.15) is 0 Å². The van der Waals surface area contributed by atoms with Gasteiger partial charge in [0.25, 0.3) is 0 Å². The highest BCUT2D eigenvalue weighted by Gasteiger charge is 2.33. The van der Waals surface area contributed by atoms with Gasteiger partial charge in [0.15, 0.2) is 0 Å². The molecule has 3 unspecified atom stereocenters. The Morgan fingerprint density at radius 3 is 2.50 bits per heavy atom. The lowest BCUT2D eigenvalue weighted by atomic mass is 9.84. The minimum atomic E-state index is 0.760. The highest BCUT2D eigenvalue weighted by molar-refractivity contribution is 5.57. The Morgan fingerprint density at radius 2 is 1.79 bits per heavy atom. The quantitative estimate of drug-likeness (QED) is 0.650. The second kappa shape index (κ2) is 7.42. The zero-order valence-corrected chi connectivity index (χ0v) is 15.6. The number of hydrogen-bond donors (Lipinski definition) is 0. The zero-order valence-electron chi connectivity index (χ0n) is 15.6. The van der Waals surface area contributed by atoms with Crippen molar-refractivity contribution in [3.8, 4) is 0 Å². The second-order valence-corrected chi connectivity index (χ2v) is 7.88. The van der Waals surface area contributed by atoms with E-state index in [1.165, 1.54) is 36.9 Å². The van der Waals surface area contributed by atoms with Crippen molar-refractivity contribution in [2.75, 3.05) is 19.0 Å². The summed E-state index contributed by atoms with van der Waals surface area (Å²) in [4.78, 5) is 2.13. The number of hydrogen-bond acceptors (Lipinski definition) is 1. The number of allylic oxidation sites excluding steroid dienone is 5. The molecule has 0 aliphatic heterocycles. The van der Waals surface area contributed by atoms with Crippen molar-refractivity contribution in [2.24, 2.45) is 17.8 Å². The van der Waals surface area contributed by atoms with Crippen LogP contribution in [0.3, 0.4) is 0 Å². The summed E-state index contributed by atoms with van der Waals surface area (Å²) >= 11 is 0. The van der Waals surface area contributed by atoms with Gasteiger partial charge in [0.2, 0.25) is 0 Å². The minimum Gasteiger partial charge on any atom is -0.378 e. The lowest BCUT2D eigenvalue weighted by molar-refractivity contribution is 0.396. The lowest BCUT2D eigenvalue weighted by Crippen LogP contribution is -2.11. The van der Waals surface area contributed by atoms with Crippen molar-refractivity contribution < 1.29 is 0 Å². The molecule has 128 valence electrons. The molecule has 0 heterocycles. The maximum Gasteiger partial charge on any atom is 0.0361 e. The van der Waals surface area contributed by atoms with Crippen LogP contribution in [0.5, 0.6) is 0 Å². The molecule has 24 heavy (non-hydrogen) atoms.